The first-order valence-corrected chi connectivity index (χ1v) is 6.67. The van der Waals surface area contributed by atoms with Gasteiger partial charge in [-0.2, -0.15) is 13.5 Å². The molecule has 1 N–H and O–H groups in total. The van der Waals surface area contributed by atoms with Crippen LogP contribution in [-0.4, -0.2) is 19.5 Å². The molecule has 0 aliphatic carbocycles. The van der Waals surface area contributed by atoms with Gasteiger partial charge in [-0.05, 0) is 19.1 Å². The zero-order valence-electron chi connectivity index (χ0n) is 8.39. The number of hydrogen-bond acceptors (Lipinski definition) is 3. The van der Waals surface area contributed by atoms with Gasteiger partial charge in [-0.25, -0.2) is 4.83 Å². The molecule has 0 radical (unpaired) electrons. The second-order valence-corrected chi connectivity index (χ2v) is 5.85. The molecular weight excluding hydrogens is 271 g/mol. The third-order valence-corrected chi connectivity index (χ3v) is 3.16. The van der Waals surface area contributed by atoms with Crippen LogP contribution in [-0.2, 0) is 10.0 Å². The van der Waals surface area contributed by atoms with Gasteiger partial charge in [0.15, 0.2) is 0 Å². The Morgan fingerprint density at radius 3 is 2.38 bits per heavy atom. The number of alkyl halides is 2. The summed E-state index contributed by atoms with van der Waals surface area (Å²) in [7, 11) is -3.64. The third-order valence-electron chi connectivity index (χ3n) is 1.69. The van der Waals surface area contributed by atoms with Gasteiger partial charge in [0.05, 0.1) is 11.1 Å². The SMILES string of the molecule is Cc1ccc(S(=O)(=O)N/N=C\C(Cl)Cl)cc1. The molecule has 1 aromatic carbocycles. The lowest BCUT2D eigenvalue weighted by Crippen LogP contribution is -2.18. The summed E-state index contributed by atoms with van der Waals surface area (Å²) in [6.45, 7) is 1.87. The fraction of sp³-hybridized carbons (Fsp3) is 0.222. The largest absolute Gasteiger partial charge is 0.276 e. The van der Waals surface area contributed by atoms with E-state index >= 15 is 0 Å². The smallest absolute Gasteiger partial charge is 0.200 e. The quantitative estimate of drug-likeness (QED) is 0.521. The predicted octanol–water partition coefficient (Wildman–Crippen LogP) is 2.06. The van der Waals surface area contributed by atoms with E-state index in [1.54, 1.807) is 12.1 Å². The molecule has 0 spiro atoms. The maximum absolute atomic E-state index is 11.6. The van der Waals surface area contributed by atoms with Gasteiger partial charge in [0.2, 0.25) is 0 Å². The number of hydrazone groups is 1. The third kappa shape index (κ3) is 4.00. The maximum Gasteiger partial charge on any atom is 0.276 e. The van der Waals surface area contributed by atoms with E-state index in [4.69, 9.17) is 23.2 Å². The van der Waals surface area contributed by atoms with E-state index in [0.29, 0.717) is 0 Å². The zero-order chi connectivity index (χ0) is 12.2. The molecule has 7 heteroatoms. The first-order valence-electron chi connectivity index (χ1n) is 4.31. The van der Waals surface area contributed by atoms with Crippen LogP contribution >= 0.6 is 23.2 Å². The standard InChI is InChI=1S/C9H10Cl2N2O2S/c1-7-2-4-8(5-3-7)16(14,15)13-12-6-9(10)11/h2-6,9,13H,1H3/b12-6-. The van der Waals surface area contributed by atoms with Crippen molar-refractivity contribution in [2.45, 2.75) is 16.7 Å². The van der Waals surface area contributed by atoms with E-state index in [2.05, 4.69) is 5.10 Å². The van der Waals surface area contributed by atoms with E-state index in [1.807, 2.05) is 11.8 Å². The van der Waals surface area contributed by atoms with Crippen LogP contribution in [0.2, 0.25) is 0 Å². The van der Waals surface area contributed by atoms with E-state index in [9.17, 15) is 8.42 Å². The van der Waals surface area contributed by atoms with E-state index in [1.165, 1.54) is 12.1 Å². The first kappa shape index (κ1) is 13.3. The molecule has 0 aliphatic heterocycles. The molecule has 0 saturated carbocycles. The highest BCUT2D eigenvalue weighted by molar-refractivity contribution is 7.89. The molecule has 16 heavy (non-hydrogen) atoms. The van der Waals surface area contributed by atoms with Gasteiger partial charge < -0.3 is 0 Å². The topological polar surface area (TPSA) is 58.5 Å². The van der Waals surface area contributed by atoms with Crippen molar-refractivity contribution in [2.75, 3.05) is 0 Å². The summed E-state index contributed by atoms with van der Waals surface area (Å²) in [5.41, 5.74) is 0.976. The lowest BCUT2D eigenvalue weighted by atomic mass is 10.2. The van der Waals surface area contributed by atoms with Gasteiger partial charge in [-0.1, -0.05) is 40.9 Å². The maximum atomic E-state index is 11.6. The highest BCUT2D eigenvalue weighted by Crippen LogP contribution is 2.09. The average molecular weight is 281 g/mol. The fourth-order valence-electron chi connectivity index (χ4n) is 0.926. The minimum Gasteiger partial charge on any atom is -0.200 e. The zero-order valence-corrected chi connectivity index (χ0v) is 10.7. The molecular formula is C9H10Cl2N2O2S. The summed E-state index contributed by atoms with van der Waals surface area (Å²) in [6.07, 6.45) is 1.08. The highest BCUT2D eigenvalue weighted by atomic mass is 35.5. The normalized spacial score (nSPS) is 12.2. The molecule has 0 aromatic heterocycles. The van der Waals surface area contributed by atoms with Crippen LogP contribution in [0.25, 0.3) is 0 Å². The van der Waals surface area contributed by atoms with Gasteiger partial charge in [0, 0.05) is 0 Å². The highest BCUT2D eigenvalue weighted by Gasteiger charge is 2.11. The number of aryl methyl sites for hydroxylation is 1. The van der Waals surface area contributed by atoms with Crippen molar-refractivity contribution in [3.63, 3.8) is 0 Å². The summed E-state index contributed by atoms with van der Waals surface area (Å²) < 4.78 is 23.2. The van der Waals surface area contributed by atoms with Crippen molar-refractivity contribution in [2.24, 2.45) is 5.10 Å². The van der Waals surface area contributed by atoms with Gasteiger partial charge >= 0.3 is 0 Å². The molecule has 0 aliphatic rings. The number of halogens is 2. The molecule has 1 rings (SSSR count). The summed E-state index contributed by atoms with van der Waals surface area (Å²) in [5, 5.41) is 3.41. The molecule has 0 saturated heterocycles. The Morgan fingerprint density at radius 2 is 1.88 bits per heavy atom. The van der Waals surface area contributed by atoms with Crippen molar-refractivity contribution < 1.29 is 8.42 Å². The Balaban J connectivity index is 2.82. The molecule has 0 bridgehead atoms. The van der Waals surface area contributed by atoms with Crippen LogP contribution in [0.15, 0.2) is 34.3 Å². The second kappa shape index (κ2) is 5.52. The van der Waals surface area contributed by atoms with Gasteiger partial charge in [-0.3, -0.25) is 0 Å². The van der Waals surface area contributed by atoms with Crippen molar-refractivity contribution in [3.8, 4) is 0 Å². The Bertz CT molecular complexity index is 469. The lowest BCUT2D eigenvalue weighted by Gasteiger charge is -2.03. The Labute approximate surface area is 104 Å². The molecule has 1 aromatic rings. The van der Waals surface area contributed by atoms with Gasteiger partial charge in [-0.15, -0.1) is 0 Å². The molecule has 0 fully saturated rings. The predicted molar refractivity (Wildman–Crippen MR) is 65.5 cm³/mol. The number of nitrogens with one attached hydrogen (secondary N) is 1. The minimum atomic E-state index is -3.64. The Kier molecular flexibility index (Phi) is 4.58. The summed E-state index contributed by atoms with van der Waals surface area (Å²) in [5.74, 6) is 0. The fourth-order valence-corrected chi connectivity index (χ4v) is 1.84. The summed E-state index contributed by atoms with van der Waals surface area (Å²) >= 11 is 10.7. The second-order valence-electron chi connectivity index (χ2n) is 3.02. The van der Waals surface area contributed by atoms with Crippen LogP contribution < -0.4 is 4.83 Å². The number of hydrogen-bond donors (Lipinski definition) is 1. The number of rotatable bonds is 4. The monoisotopic (exact) mass is 280 g/mol. The van der Waals surface area contributed by atoms with Gasteiger partial charge in [0.1, 0.15) is 4.84 Å². The van der Waals surface area contributed by atoms with Crippen LogP contribution in [0.1, 0.15) is 5.56 Å². The number of sulfonamides is 1. The van der Waals surface area contributed by atoms with Crippen LogP contribution in [0.5, 0.6) is 0 Å². The molecule has 88 valence electrons. The Morgan fingerprint density at radius 1 is 1.31 bits per heavy atom. The summed E-state index contributed by atoms with van der Waals surface area (Å²) in [6, 6.07) is 6.38. The minimum absolute atomic E-state index is 0.135. The van der Waals surface area contributed by atoms with Crippen LogP contribution in [0.3, 0.4) is 0 Å². The number of nitrogens with zero attached hydrogens (tertiary/aromatic N) is 1. The Hall–Kier alpha value is -0.780. The van der Waals surface area contributed by atoms with Crippen LogP contribution in [0.4, 0.5) is 0 Å². The molecule has 0 atom stereocenters. The summed E-state index contributed by atoms with van der Waals surface area (Å²) in [4.78, 5) is 1.29. The van der Waals surface area contributed by atoms with Crippen molar-refractivity contribution >= 4 is 39.4 Å². The van der Waals surface area contributed by atoms with E-state index in [0.717, 1.165) is 11.8 Å². The molecule has 0 heterocycles. The van der Waals surface area contributed by atoms with Gasteiger partial charge in [0.25, 0.3) is 10.0 Å². The lowest BCUT2D eigenvalue weighted by molar-refractivity contribution is 0.584. The molecule has 4 nitrogen and oxygen atoms in total. The molecule has 0 unspecified atom stereocenters. The molecule has 0 amide bonds. The number of benzene rings is 1. The van der Waals surface area contributed by atoms with Crippen molar-refractivity contribution in [1.82, 2.24) is 4.83 Å². The van der Waals surface area contributed by atoms with Crippen LogP contribution in [0, 0.1) is 6.92 Å². The first-order chi connectivity index (χ1) is 7.42. The van der Waals surface area contributed by atoms with E-state index < -0.39 is 14.9 Å². The van der Waals surface area contributed by atoms with Crippen molar-refractivity contribution in [3.05, 3.63) is 29.8 Å². The average Bonchev–Trinajstić information content (AvgIpc) is 2.17. The van der Waals surface area contributed by atoms with E-state index in [-0.39, 0.29) is 4.90 Å². The van der Waals surface area contributed by atoms with Crippen molar-refractivity contribution in [1.29, 1.82) is 0 Å².